The van der Waals surface area contributed by atoms with Crippen LogP contribution in [-0.4, -0.2) is 40.3 Å². The summed E-state index contributed by atoms with van der Waals surface area (Å²) in [7, 11) is 1.63. The molecule has 0 spiro atoms. The molecule has 5 rings (SSSR count). The number of aryl methyl sites for hydroxylation is 1. The maximum absolute atomic E-state index is 12.7. The van der Waals surface area contributed by atoms with Gasteiger partial charge in [-0.15, -0.1) is 10.2 Å². The number of ether oxygens (including phenoxy) is 3. The Balaban J connectivity index is 1.38. The number of carbonyl (C=O) groups excluding carboxylic acids is 1. The fraction of sp³-hybridized carbons (Fsp3) is 0.160. The Bertz CT molecular complexity index is 1320. The number of nitrogens with zero attached hydrogens (tertiary/aromatic N) is 3. The molecule has 0 saturated heterocycles. The molecule has 1 aromatic heterocycles. The number of benzene rings is 3. The molecule has 3 aromatic carbocycles. The molecule has 0 unspecified atom stereocenters. The molecule has 0 fully saturated rings. The molecule has 8 nitrogen and oxygen atoms in total. The zero-order chi connectivity index (χ0) is 23.5. The molecule has 172 valence electrons. The van der Waals surface area contributed by atoms with Crippen molar-refractivity contribution in [2.75, 3.05) is 25.0 Å². The first-order chi connectivity index (χ1) is 16.6. The summed E-state index contributed by atoms with van der Waals surface area (Å²) in [5.41, 5.74) is 3.62. The normalized spacial score (nSPS) is 11.9. The van der Waals surface area contributed by atoms with E-state index >= 15 is 0 Å². The molecule has 1 N–H and O–H groups in total. The molecule has 0 saturated carbocycles. The average molecular weight is 475 g/mol. The highest BCUT2D eigenvalue weighted by Gasteiger charge is 2.18. The lowest BCUT2D eigenvalue weighted by Crippen LogP contribution is -2.14. The van der Waals surface area contributed by atoms with Crippen molar-refractivity contribution in [3.63, 3.8) is 0 Å². The second-order valence-corrected chi connectivity index (χ2v) is 8.55. The minimum Gasteiger partial charge on any atom is -0.497 e. The lowest BCUT2D eigenvalue weighted by atomic mass is 10.1. The number of methoxy groups -OCH3 is 1. The molecular formula is C25H22N4O4S. The van der Waals surface area contributed by atoms with Gasteiger partial charge in [0, 0.05) is 23.0 Å². The predicted molar refractivity (Wildman–Crippen MR) is 130 cm³/mol. The summed E-state index contributed by atoms with van der Waals surface area (Å²) in [6.45, 7) is 2.23. The molecule has 1 amide bonds. The van der Waals surface area contributed by atoms with Gasteiger partial charge in [0.25, 0.3) is 0 Å². The van der Waals surface area contributed by atoms with Gasteiger partial charge < -0.3 is 19.5 Å². The first kappa shape index (κ1) is 21.8. The number of carbonyl (C=O) groups is 1. The maximum Gasteiger partial charge on any atom is 0.234 e. The molecule has 0 radical (unpaired) electrons. The van der Waals surface area contributed by atoms with Gasteiger partial charge in [0.2, 0.25) is 12.7 Å². The molecule has 4 aromatic rings. The summed E-state index contributed by atoms with van der Waals surface area (Å²) in [6.07, 6.45) is 0. The molecular weight excluding hydrogens is 452 g/mol. The van der Waals surface area contributed by atoms with Crippen LogP contribution in [0.1, 0.15) is 5.56 Å². The average Bonchev–Trinajstić information content (AvgIpc) is 3.50. The van der Waals surface area contributed by atoms with Gasteiger partial charge in [-0.2, -0.15) is 0 Å². The van der Waals surface area contributed by atoms with Gasteiger partial charge >= 0.3 is 0 Å². The van der Waals surface area contributed by atoms with Crippen LogP contribution in [0.4, 0.5) is 5.69 Å². The standard InChI is InChI=1S/C25H22N4O4S/c1-16-3-5-17(6-4-16)24-27-28-25(29(24)19-8-10-20(31-2)11-9-19)34-14-23(30)26-18-7-12-21-22(13-18)33-15-32-21/h3-13H,14-15H2,1-2H3,(H,26,30). The summed E-state index contributed by atoms with van der Waals surface area (Å²) in [5, 5.41) is 12.3. The van der Waals surface area contributed by atoms with E-state index < -0.39 is 0 Å². The van der Waals surface area contributed by atoms with Crippen LogP contribution < -0.4 is 19.5 Å². The molecule has 1 aliphatic rings. The smallest absolute Gasteiger partial charge is 0.234 e. The fourth-order valence-electron chi connectivity index (χ4n) is 3.52. The van der Waals surface area contributed by atoms with E-state index in [-0.39, 0.29) is 18.5 Å². The van der Waals surface area contributed by atoms with E-state index in [1.165, 1.54) is 11.8 Å². The first-order valence-electron chi connectivity index (χ1n) is 10.6. The van der Waals surface area contributed by atoms with E-state index in [0.29, 0.717) is 28.2 Å². The van der Waals surface area contributed by atoms with Crippen molar-refractivity contribution in [3.8, 4) is 34.3 Å². The van der Waals surface area contributed by atoms with Crippen LogP contribution in [0.15, 0.2) is 71.9 Å². The Kier molecular flexibility index (Phi) is 6.09. The van der Waals surface area contributed by atoms with E-state index in [2.05, 4.69) is 15.5 Å². The highest BCUT2D eigenvalue weighted by molar-refractivity contribution is 7.99. The topological polar surface area (TPSA) is 87.5 Å². The number of hydrogen-bond donors (Lipinski definition) is 1. The van der Waals surface area contributed by atoms with E-state index in [0.717, 1.165) is 22.6 Å². The third kappa shape index (κ3) is 4.55. The summed E-state index contributed by atoms with van der Waals surface area (Å²) in [6, 6.07) is 21.1. The fourth-order valence-corrected chi connectivity index (χ4v) is 4.27. The van der Waals surface area contributed by atoms with Gasteiger partial charge in [0.1, 0.15) is 5.75 Å². The van der Waals surface area contributed by atoms with E-state index in [1.54, 1.807) is 25.3 Å². The SMILES string of the molecule is COc1ccc(-n2c(SCC(=O)Nc3ccc4c(c3)OCO4)nnc2-c2ccc(C)cc2)cc1. The second-order valence-electron chi connectivity index (χ2n) is 7.61. The predicted octanol–water partition coefficient (Wildman–Crippen LogP) is 4.71. The van der Waals surface area contributed by atoms with Crippen molar-refractivity contribution in [1.29, 1.82) is 0 Å². The third-order valence-electron chi connectivity index (χ3n) is 5.26. The van der Waals surface area contributed by atoms with Crippen molar-refractivity contribution in [2.45, 2.75) is 12.1 Å². The molecule has 0 aliphatic carbocycles. The second kappa shape index (κ2) is 9.48. The van der Waals surface area contributed by atoms with Crippen LogP contribution in [0.5, 0.6) is 17.2 Å². The molecule has 9 heteroatoms. The molecule has 1 aliphatic heterocycles. The summed E-state index contributed by atoms with van der Waals surface area (Å²) >= 11 is 1.31. The lowest BCUT2D eigenvalue weighted by Gasteiger charge is -2.11. The van der Waals surface area contributed by atoms with Crippen molar-refractivity contribution in [2.24, 2.45) is 0 Å². The third-order valence-corrected chi connectivity index (χ3v) is 6.19. The minimum atomic E-state index is -0.162. The van der Waals surface area contributed by atoms with Crippen LogP contribution >= 0.6 is 11.8 Å². The van der Waals surface area contributed by atoms with Crippen molar-refractivity contribution in [1.82, 2.24) is 14.8 Å². The monoisotopic (exact) mass is 474 g/mol. The number of hydrogen-bond acceptors (Lipinski definition) is 7. The number of amides is 1. The zero-order valence-electron chi connectivity index (χ0n) is 18.6. The number of anilines is 1. The maximum atomic E-state index is 12.7. The number of aromatic nitrogens is 3. The van der Waals surface area contributed by atoms with Crippen LogP contribution in [-0.2, 0) is 4.79 Å². The van der Waals surface area contributed by atoms with Gasteiger partial charge in [-0.05, 0) is 43.3 Å². The van der Waals surface area contributed by atoms with E-state index in [1.807, 2.05) is 60.0 Å². The molecule has 0 bridgehead atoms. The largest absolute Gasteiger partial charge is 0.497 e. The van der Waals surface area contributed by atoms with Gasteiger partial charge in [-0.25, -0.2) is 0 Å². The van der Waals surface area contributed by atoms with E-state index in [4.69, 9.17) is 14.2 Å². The Hall–Kier alpha value is -3.98. The van der Waals surface area contributed by atoms with Gasteiger partial charge in [0.05, 0.1) is 12.9 Å². The minimum absolute atomic E-state index is 0.162. The first-order valence-corrected chi connectivity index (χ1v) is 11.6. The number of thioether (sulfide) groups is 1. The Labute approximate surface area is 200 Å². The Morgan fingerprint density at radius 3 is 2.56 bits per heavy atom. The highest BCUT2D eigenvalue weighted by Crippen LogP contribution is 2.34. The van der Waals surface area contributed by atoms with Crippen LogP contribution in [0.3, 0.4) is 0 Å². The zero-order valence-corrected chi connectivity index (χ0v) is 19.5. The highest BCUT2D eigenvalue weighted by atomic mass is 32.2. The quantitative estimate of drug-likeness (QED) is 0.388. The van der Waals surface area contributed by atoms with Crippen LogP contribution in [0.25, 0.3) is 17.1 Å². The van der Waals surface area contributed by atoms with Crippen molar-refractivity contribution >= 4 is 23.4 Å². The summed E-state index contributed by atoms with van der Waals surface area (Å²) in [5.74, 6) is 2.74. The summed E-state index contributed by atoms with van der Waals surface area (Å²) < 4.78 is 17.9. The van der Waals surface area contributed by atoms with Crippen molar-refractivity contribution < 1.29 is 19.0 Å². The lowest BCUT2D eigenvalue weighted by molar-refractivity contribution is -0.113. The van der Waals surface area contributed by atoms with Crippen LogP contribution in [0, 0.1) is 6.92 Å². The Morgan fingerprint density at radius 2 is 1.79 bits per heavy atom. The Morgan fingerprint density at radius 1 is 1.03 bits per heavy atom. The van der Waals surface area contributed by atoms with Gasteiger partial charge in [0.15, 0.2) is 22.5 Å². The van der Waals surface area contributed by atoms with Gasteiger partial charge in [-0.3, -0.25) is 9.36 Å². The number of nitrogens with one attached hydrogen (secondary N) is 1. The number of fused-ring (bicyclic) bond motifs is 1. The number of rotatable bonds is 7. The van der Waals surface area contributed by atoms with Gasteiger partial charge in [-0.1, -0.05) is 41.6 Å². The summed E-state index contributed by atoms with van der Waals surface area (Å²) in [4.78, 5) is 12.7. The molecule has 0 atom stereocenters. The molecule has 2 heterocycles. The van der Waals surface area contributed by atoms with E-state index in [9.17, 15) is 4.79 Å². The molecule has 34 heavy (non-hydrogen) atoms. The van der Waals surface area contributed by atoms with Crippen molar-refractivity contribution in [3.05, 3.63) is 72.3 Å². The van der Waals surface area contributed by atoms with Crippen LogP contribution in [0.2, 0.25) is 0 Å².